The van der Waals surface area contributed by atoms with Gasteiger partial charge in [-0.3, -0.25) is 9.59 Å². The van der Waals surface area contributed by atoms with E-state index in [-0.39, 0.29) is 35.7 Å². The summed E-state index contributed by atoms with van der Waals surface area (Å²) >= 11 is 0. The zero-order chi connectivity index (χ0) is 23.0. The molecule has 0 saturated heterocycles. The first-order chi connectivity index (χ1) is 15.4. The van der Waals surface area contributed by atoms with Crippen molar-refractivity contribution in [2.45, 2.75) is 56.0 Å². The van der Waals surface area contributed by atoms with Crippen LogP contribution in [0.2, 0.25) is 0 Å². The summed E-state index contributed by atoms with van der Waals surface area (Å²) in [5.41, 5.74) is 1.36. The van der Waals surface area contributed by atoms with E-state index in [4.69, 9.17) is 0 Å². The highest BCUT2D eigenvalue weighted by atomic mass is 32.2. The Morgan fingerprint density at radius 2 is 1.59 bits per heavy atom. The molecule has 7 nitrogen and oxygen atoms in total. The van der Waals surface area contributed by atoms with Crippen molar-refractivity contribution in [1.29, 1.82) is 0 Å². The Balaban J connectivity index is 1.47. The summed E-state index contributed by atoms with van der Waals surface area (Å²) in [6.45, 7) is 0.642. The third-order valence-electron chi connectivity index (χ3n) is 5.85. The van der Waals surface area contributed by atoms with Crippen LogP contribution < -0.4 is 10.6 Å². The van der Waals surface area contributed by atoms with Gasteiger partial charge in [0, 0.05) is 38.2 Å². The minimum atomic E-state index is -3.59. The van der Waals surface area contributed by atoms with E-state index in [2.05, 4.69) is 10.6 Å². The van der Waals surface area contributed by atoms with Gasteiger partial charge in [-0.2, -0.15) is 4.31 Å². The Bertz CT molecular complexity index is 1000. The largest absolute Gasteiger partial charge is 0.352 e. The first-order valence-electron chi connectivity index (χ1n) is 11.0. The second-order valence-electron chi connectivity index (χ2n) is 8.11. The van der Waals surface area contributed by atoms with Crippen LogP contribution >= 0.6 is 0 Å². The van der Waals surface area contributed by atoms with Crippen LogP contribution in [0, 0.1) is 0 Å². The second kappa shape index (κ2) is 11.2. The molecule has 1 aliphatic rings. The zero-order valence-electron chi connectivity index (χ0n) is 18.4. The molecule has 0 spiro atoms. The Hall–Kier alpha value is -2.71. The molecule has 2 aromatic carbocycles. The molecular formula is C24H31N3O4S. The highest BCUT2D eigenvalue weighted by Gasteiger charge is 2.29. The van der Waals surface area contributed by atoms with Crippen LogP contribution in [0.15, 0.2) is 59.5 Å². The quantitative estimate of drug-likeness (QED) is 0.605. The van der Waals surface area contributed by atoms with E-state index < -0.39 is 10.0 Å². The molecule has 1 aliphatic carbocycles. The van der Waals surface area contributed by atoms with Crippen LogP contribution in [-0.4, -0.2) is 44.2 Å². The number of hydrogen-bond donors (Lipinski definition) is 2. The number of nitrogens with zero attached hydrogens (tertiary/aromatic N) is 1. The van der Waals surface area contributed by atoms with Gasteiger partial charge in [0.05, 0.1) is 4.90 Å². The van der Waals surface area contributed by atoms with Crippen molar-refractivity contribution in [3.8, 4) is 0 Å². The van der Waals surface area contributed by atoms with Crippen molar-refractivity contribution < 1.29 is 18.0 Å². The van der Waals surface area contributed by atoms with E-state index >= 15 is 0 Å². The average molecular weight is 458 g/mol. The van der Waals surface area contributed by atoms with Crippen LogP contribution in [0.25, 0.3) is 0 Å². The molecule has 1 fully saturated rings. The molecule has 2 aromatic rings. The maximum absolute atomic E-state index is 12.9. The molecule has 3 rings (SSSR count). The van der Waals surface area contributed by atoms with Crippen LogP contribution in [0.1, 0.15) is 54.4 Å². The number of amides is 2. The van der Waals surface area contributed by atoms with Gasteiger partial charge in [0.15, 0.2) is 0 Å². The predicted octanol–water partition coefficient (Wildman–Crippen LogP) is 3.08. The third kappa shape index (κ3) is 6.40. The summed E-state index contributed by atoms with van der Waals surface area (Å²) in [7, 11) is -1.96. The third-order valence-corrected chi connectivity index (χ3v) is 7.78. The van der Waals surface area contributed by atoms with E-state index in [9.17, 15) is 18.0 Å². The Morgan fingerprint density at radius 1 is 0.938 bits per heavy atom. The first kappa shape index (κ1) is 23.9. The van der Waals surface area contributed by atoms with Gasteiger partial charge in [0.2, 0.25) is 15.9 Å². The summed E-state index contributed by atoms with van der Waals surface area (Å²) < 4.78 is 27.3. The molecule has 8 heteroatoms. The topological polar surface area (TPSA) is 95.6 Å². The molecule has 0 aliphatic heterocycles. The maximum atomic E-state index is 12.9. The Kier molecular flexibility index (Phi) is 8.41. The monoisotopic (exact) mass is 457 g/mol. The van der Waals surface area contributed by atoms with E-state index in [0.29, 0.717) is 12.1 Å². The van der Waals surface area contributed by atoms with Gasteiger partial charge in [-0.1, -0.05) is 49.6 Å². The lowest BCUT2D eigenvalue weighted by Gasteiger charge is -2.30. The van der Waals surface area contributed by atoms with Gasteiger partial charge in [-0.05, 0) is 42.7 Å². The minimum Gasteiger partial charge on any atom is -0.352 e. The molecule has 0 atom stereocenters. The SMILES string of the molecule is CN(C1CCCCC1)S(=O)(=O)c1ccc(C(=O)NCCC(=O)NCc2ccccc2)cc1. The van der Waals surface area contributed by atoms with E-state index in [1.54, 1.807) is 7.05 Å². The molecule has 2 amide bonds. The average Bonchev–Trinajstić information content (AvgIpc) is 2.83. The van der Waals surface area contributed by atoms with E-state index in [0.717, 1.165) is 37.7 Å². The van der Waals surface area contributed by atoms with Gasteiger partial charge in [-0.25, -0.2) is 8.42 Å². The molecular weight excluding hydrogens is 426 g/mol. The number of sulfonamides is 1. The molecule has 0 aromatic heterocycles. The lowest BCUT2D eigenvalue weighted by atomic mass is 9.96. The predicted molar refractivity (Wildman–Crippen MR) is 124 cm³/mol. The van der Waals surface area contributed by atoms with Gasteiger partial charge in [-0.15, -0.1) is 0 Å². The summed E-state index contributed by atoms with van der Waals surface area (Å²) in [6, 6.07) is 15.6. The normalized spacial score (nSPS) is 14.8. The van der Waals surface area contributed by atoms with Crippen LogP contribution in [0.5, 0.6) is 0 Å². The maximum Gasteiger partial charge on any atom is 0.251 e. The molecule has 32 heavy (non-hydrogen) atoms. The summed E-state index contributed by atoms with van der Waals surface area (Å²) in [6.07, 6.45) is 5.19. The number of carbonyl (C=O) groups is 2. The second-order valence-corrected chi connectivity index (χ2v) is 10.1. The van der Waals surface area contributed by atoms with Gasteiger partial charge >= 0.3 is 0 Å². The van der Waals surface area contributed by atoms with Crippen LogP contribution in [0.3, 0.4) is 0 Å². The fourth-order valence-corrected chi connectivity index (χ4v) is 5.28. The van der Waals surface area contributed by atoms with Crippen LogP contribution in [-0.2, 0) is 21.4 Å². The van der Waals surface area contributed by atoms with Crippen molar-refractivity contribution in [3.63, 3.8) is 0 Å². The number of carbonyl (C=O) groups excluding carboxylic acids is 2. The molecule has 172 valence electrons. The van der Waals surface area contributed by atoms with Crippen molar-refractivity contribution in [2.24, 2.45) is 0 Å². The number of nitrogens with one attached hydrogen (secondary N) is 2. The standard InChI is InChI=1S/C24H31N3O4S/c1-27(21-10-6-3-7-11-21)32(30,31)22-14-12-20(13-15-22)24(29)25-17-16-23(28)26-18-19-8-4-2-5-9-19/h2,4-5,8-9,12-15,21H,3,6-7,10-11,16-18H2,1H3,(H,25,29)(H,26,28). The molecule has 0 bridgehead atoms. The number of benzene rings is 2. The number of hydrogen-bond acceptors (Lipinski definition) is 4. The Morgan fingerprint density at radius 3 is 2.25 bits per heavy atom. The highest BCUT2D eigenvalue weighted by Crippen LogP contribution is 2.26. The fraction of sp³-hybridized carbons (Fsp3) is 0.417. The first-order valence-corrected chi connectivity index (χ1v) is 12.5. The minimum absolute atomic E-state index is 0.0322. The fourth-order valence-electron chi connectivity index (χ4n) is 3.86. The van der Waals surface area contributed by atoms with Crippen LogP contribution in [0.4, 0.5) is 0 Å². The smallest absolute Gasteiger partial charge is 0.251 e. The number of rotatable bonds is 9. The summed E-state index contributed by atoms with van der Waals surface area (Å²) in [5.74, 6) is -0.494. The molecule has 2 N–H and O–H groups in total. The molecule has 0 radical (unpaired) electrons. The summed E-state index contributed by atoms with van der Waals surface area (Å²) in [5, 5.41) is 5.51. The molecule has 0 unspecified atom stereocenters. The Labute approximate surface area is 190 Å². The van der Waals surface area contributed by atoms with Crippen molar-refractivity contribution in [2.75, 3.05) is 13.6 Å². The van der Waals surface area contributed by atoms with E-state index in [1.165, 1.54) is 28.6 Å². The highest BCUT2D eigenvalue weighted by molar-refractivity contribution is 7.89. The zero-order valence-corrected chi connectivity index (χ0v) is 19.2. The van der Waals surface area contributed by atoms with Gasteiger partial charge in [0.25, 0.3) is 5.91 Å². The molecule has 1 saturated carbocycles. The lowest BCUT2D eigenvalue weighted by Crippen LogP contribution is -2.38. The van der Waals surface area contributed by atoms with Crippen molar-refractivity contribution >= 4 is 21.8 Å². The lowest BCUT2D eigenvalue weighted by molar-refractivity contribution is -0.121. The van der Waals surface area contributed by atoms with Gasteiger partial charge in [0.1, 0.15) is 0 Å². The summed E-state index contributed by atoms with van der Waals surface area (Å²) in [4.78, 5) is 24.5. The van der Waals surface area contributed by atoms with E-state index in [1.807, 2.05) is 30.3 Å². The molecule has 0 heterocycles. The van der Waals surface area contributed by atoms with Gasteiger partial charge < -0.3 is 10.6 Å². The van der Waals surface area contributed by atoms with Crippen molar-refractivity contribution in [1.82, 2.24) is 14.9 Å². The van der Waals surface area contributed by atoms with Crippen molar-refractivity contribution in [3.05, 3.63) is 65.7 Å².